The molecule has 0 heterocycles. The Morgan fingerprint density at radius 3 is 2.42 bits per heavy atom. The van der Waals surface area contributed by atoms with Gasteiger partial charge in [-0.2, -0.15) is 0 Å². The van der Waals surface area contributed by atoms with Crippen LogP contribution in [0.1, 0.15) is 38.1 Å². The van der Waals surface area contributed by atoms with Gasteiger partial charge in [0.15, 0.2) is 11.9 Å². The van der Waals surface area contributed by atoms with E-state index in [-0.39, 0.29) is 17.7 Å². The van der Waals surface area contributed by atoms with Crippen molar-refractivity contribution < 1.29 is 14.3 Å². The standard InChI is InChI=1S/C14H18BrNO3/c1-8(2)16-14(18)10(4)19-13-6-5-11(15)7-12(13)9(3)17/h5-8,10H,1-4H3,(H,16,18). The number of hydrogen-bond acceptors (Lipinski definition) is 3. The first-order valence-corrected chi connectivity index (χ1v) is 6.88. The van der Waals surface area contributed by atoms with Crippen molar-refractivity contribution in [1.82, 2.24) is 5.32 Å². The fourth-order valence-electron chi connectivity index (χ4n) is 1.53. The van der Waals surface area contributed by atoms with Crippen molar-refractivity contribution in [2.24, 2.45) is 0 Å². The van der Waals surface area contributed by atoms with E-state index in [0.29, 0.717) is 11.3 Å². The number of amides is 1. The number of hydrogen-bond donors (Lipinski definition) is 1. The van der Waals surface area contributed by atoms with Gasteiger partial charge < -0.3 is 10.1 Å². The molecule has 0 aliphatic carbocycles. The van der Waals surface area contributed by atoms with E-state index in [1.54, 1.807) is 25.1 Å². The van der Waals surface area contributed by atoms with E-state index < -0.39 is 6.10 Å². The largest absolute Gasteiger partial charge is 0.480 e. The molecule has 19 heavy (non-hydrogen) atoms. The van der Waals surface area contributed by atoms with Crippen LogP contribution in [0.2, 0.25) is 0 Å². The molecular formula is C14H18BrNO3. The molecule has 1 aromatic carbocycles. The van der Waals surface area contributed by atoms with Gasteiger partial charge in [0, 0.05) is 10.5 Å². The number of nitrogens with one attached hydrogen (secondary N) is 1. The maximum Gasteiger partial charge on any atom is 0.260 e. The molecule has 1 N–H and O–H groups in total. The summed E-state index contributed by atoms with van der Waals surface area (Å²) < 4.78 is 6.37. The average molecular weight is 328 g/mol. The van der Waals surface area contributed by atoms with Crippen LogP contribution in [0.3, 0.4) is 0 Å². The Bertz CT molecular complexity index is 486. The van der Waals surface area contributed by atoms with Gasteiger partial charge in [-0.1, -0.05) is 15.9 Å². The molecule has 0 saturated carbocycles. The predicted octanol–water partition coefficient (Wildman–Crippen LogP) is 2.94. The minimum atomic E-state index is -0.651. The van der Waals surface area contributed by atoms with E-state index in [9.17, 15) is 9.59 Å². The molecule has 0 aromatic heterocycles. The predicted molar refractivity (Wildman–Crippen MR) is 77.5 cm³/mol. The molecule has 0 aliphatic rings. The first-order valence-electron chi connectivity index (χ1n) is 6.08. The first kappa shape index (κ1) is 15.7. The summed E-state index contributed by atoms with van der Waals surface area (Å²) in [5.74, 6) is 0.113. The lowest BCUT2D eigenvalue weighted by molar-refractivity contribution is -0.127. The molecule has 4 nitrogen and oxygen atoms in total. The molecule has 0 fully saturated rings. The monoisotopic (exact) mass is 327 g/mol. The highest BCUT2D eigenvalue weighted by Gasteiger charge is 2.18. The van der Waals surface area contributed by atoms with Gasteiger partial charge in [0.05, 0.1) is 5.56 Å². The van der Waals surface area contributed by atoms with E-state index in [0.717, 1.165) is 4.47 Å². The molecule has 5 heteroatoms. The third-order valence-corrected chi connectivity index (χ3v) is 2.92. The van der Waals surface area contributed by atoms with Crippen LogP contribution in [0.15, 0.2) is 22.7 Å². The molecule has 1 aromatic rings. The van der Waals surface area contributed by atoms with Crippen LogP contribution in [-0.4, -0.2) is 23.8 Å². The third kappa shape index (κ3) is 4.67. The molecule has 0 spiro atoms. The quantitative estimate of drug-likeness (QED) is 0.846. The van der Waals surface area contributed by atoms with Crippen molar-refractivity contribution >= 4 is 27.6 Å². The molecule has 1 unspecified atom stereocenters. The van der Waals surface area contributed by atoms with E-state index in [4.69, 9.17) is 4.74 Å². The summed E-state index contributed by atoms with van der Waals surface area (Å²) in [6, 6.07) is 5.19. The third-order valence-electron chi connectivity index (χ3n) is 2.42. The Morgan fingerprint density at radius 2 is 1.89 bits per heavy atom. The van der Waals surface area contributed by atoms with Gasteiger partial charge in [-0.3, -0.25) is 9.59 Å². The normalized spacial score (nSPS) is 12.1. The fraction of sp³-hybridized carbons (Fsp3) is 0.429. The Balaban J connectivity index is 2.87. The number of carbonyl (C=O) groups excluding carboxylic acids is 2. The summed E-state index contributed by atoms with van der Waals surface area (Å²) in [5, 5.41) is 2.76. The molecule has 104 valence electrons. The van der Waals surface area contributed by atoms with Crippen LogP contribution in [0.4, 0.5) is 0 Å². The van der Waals surface area contributed by atoms with Crippen LogP contribution in [0.5, 0.6) is 5.75 Å². The highest BCUT2D eigenvalue weighted by Crippen LogP contribution is 2.24. The summed E-state index contributed by atoms with van der Waals surface area (Å²) in [7, 11) is 0. The zero-order valence-corrected chi connectivity index (χ0v) is 13.1. The average Bonchev–Trinajstić information content (AvgIpc) is 2.30. The maximum atomic E-state index is 11.8. The lowest BCUT2D eigenvalue weighted by Crippen LogP contribution is -2.40. The zero-order chi connectivity index (χ0) is 14.6. The topological polar surface area (TPSA) is 55.4 Å². The SMILES string of the molecule is CC(=O)c1cc(Br)ccc1OC(C)C(=O)NC(C)C. The summed E-state index contributed by atoms with van der Waals surface area (Å²) >= 11 is 3.31. The Hall–Kier alpha value is -1.36. The molecule has 0 aliphatic heterocycles. The van der Waals surface area contributed by atoms with E-state index >= 15 is 0 Å². The highest BCUT2D eigenvalue weighted by atomic mass is 79.9. The van der Waals surface area contributed by atoms with Crippen molar-refractivity contribution in [2.45, 2.75) is 39.8 Å². The van der Waals surface area contributed by atoms with Gasteiger partial charge >= 0.3 is 0 Å². The molecule has 0 radical (unpaired) electrons. The van der Waals surface area contributed by atoms with Gasteiger partial charge in [-0.15, -0.1) is 0 Å². The number of Topliss-reactive ketones (excluding diaryl/α,β-unsaturated/α-hetero) is 1. The van der Waals surface area contributed by atoms with Crippen LogP contribution in [-0.2, 0) is 4.79 Å². The maximum absolute atomic E-state index is 11.8. The van der Waals surface area contributed by atoms with Crippen molar-refractivity contribution in [3.05, 3.63) is 28.2 Å². The van der Waals surface area contributed by atoms with Crippen LogP contribution < -0.4 is 10.1 Å². The summed E-state index contributed by atoms with van der Waals surface area (Å²) in [6.07, 6.45) is -0.651. The van der Waals surface area contributed by atoms with Crippen molar-refractivity contribution in [3.63, 3.8) is 0 Å². The molecule has 0 bridgehead atoms. The Morgan fingerprint density at radius 1 is 1.26 bits per heavy atom. The number of rotatable bonds is 5. The highest BCUT2D eigenvalue weighted by molar-refractivity contribution is 9.10. The van der Waals surface area contributed by atoms with Crippen LogP contribution in [0, 0.1) is 0 Å². The van der Waals surface area contributed by atoms with Gasteiger partial charge in [0.1, 0.15) is 5.75 Å². The van der Waals surface area contributed by atoms with Gasteiger partial charge in [0.2, 0.25) is 0 Å². The van der Waals surface area contributed by atoms with Gasteiger partial charge in [-0.05, 0) is 45.9 Å². The molecular weight excluding hydrogens is 310 g/mol. The summed E-state index contributed by atoms with van der Waals surface area (Å²) in [4.78, 5) is 23.3. The van der Waals surface area contributed by atoms with Crippen molar-refractivity contribution in [2.75, 3.05) is 0 Å². The fourth-order valence-corrected chi connectivity index (χ4v) is 1.89. The lowest BCUT2D eigenvalue weighted by atomic mass is 10.1. The molecule has 1 atom stereocenters. The first-order chi connectivity index (χ1) is 8.81. The second-order valence-electron chi connectivity index (χ2n) is 4.62. The number of ether oxygens (including phenoxy) is 1. The van der Waals surface area contributed by atoms with Crippen LogP contribution in [0.25, 0.3) is 0 Å². The smallest absolute Gasteiger partial charge is 0.260 e. The van der Waals surface area contributed by atoms with Gasteiger partial charge in [0.25, 0.3) is 5.91 Å². The lowest BCUT2D eigenvalue weighted by Gasteiger charge is -2.18. The minimum absolute atomic E-state index is 0.0516. The van der Waals surface area contributed by atoms with Crippen molar-refractivity contribution in [1.29, 1.82) is 0 Å². The molecule has 1 amide bonds. The number of ketones is 1. The number of carbonyl (C=O) groups is 2. The van der Waals surface area contributed by atoms with E-state index in [1.807, 2.05) is 13.8 Å². The number of benzene rings is 1. The van der Waals surface area contributed by atoms with Crippen molar-refractivity contribution in [3.8, 4) is 5.75 Å². The van der Waals surface area contributed by atoms with E-state index in [2.05, 4.69) is 21.2 Å². The Kier molecular flexibility index (Phi) is 5.54. The molecule has 0 saturated heterocycles. The van der Waals surface area contributed by atoms with E-state index in [1.165, 1.54) is 6.92 Å². The zero-order valence-electron chi connectivity index (χ0n) is 11.5. The Labute approximate surface area is 121 Å². The second-order valence-corrected chi connectivity index (χ2v) is 5.54. The summed E-state index contributed by atoms with van der Waals surface area (Å²) in [5.41, 5.74) is 0.457. The van der Waals surface area contributed by atoms with Gasteiger partial charge in [-0.25, -0.2) is 0 Å². The molecule has 1 rings (SSSR count). The van der Waals surface area contributed by atoms with Crippen LogP contribution >= 0.6 is 15.9 Å². The number of halogens is 1. The minimum Gasteiger partial charge on any atom is -0.480 e. The second kappa shape index (κ2) is 6.70. The summed E-state index contributed by atoms with van der Waals surface area (Å²) in [6.45, 7) is 6.88.